The van der Waals surface area contributed by atoms with Gasteiger partial charge in [-0.15, -0.1) is 0 Å². The average Bonchev–Trinajstić information content (AvgIpc) is 2.55. The quantitative estimate of drug-likeness (QED) is 0.820. The molecular formula is C17H23N3O2. The smallest absolute Gasteiger partial charge is 0.320 e. The van der Waals surface area contributed by atoms with Crippen LogP contribution in [0.4, 0.5) is 4.79 Å². The van der Waals surface area contributed by atoms with Crippen LogP contribution in [0.2, 0.25) is 0 Å². The molecular weight excluding hydrogens is 278 g/mol. The number of hydrogen-bond donors (Lipinski definition) is 2. The molecule has 2 heterocycles. The van der Waals surface area contributed by atoms with Crippen LogP contribution in [0.3, 0.4) is 0 Å². The zero-order chi connectivity index (χ0) is 15.4. The number of fused-ring (bicyclic) bond motifs is 1. The Kier molecular flexibility index (Phi) is 4.34. The van der Waals surface area contributed by atoms with Crippen molar-refractivity contribution in [2.24, 2.45) is 0 Å². The molecule has 1 fully saturated rings. The summed E-state index contributed by atoms with van der Waals surface area (Å²) in [6.07, 6.45) is 6.03. The number of nitrogens with zero attached hydrogens (tertiary/aromatic N) is 1. The van der Waals surface area contributed by atoms with Crippen molar-refractivity contribution in [3.63, 3.8) is 0 Å². The Hall–Kier alpha value is -2.01. The predicted molar refractivity (Wildman–Crippen MR) is 86.7 cm³/mol. The van der Waals surface area contributed by atoms with E-state index in [1.54, 1.807) is 4.90 Å². The lowest BCUT2D eigenvalue weighted by Crippen LogP contribution is -2.64. The zero-order valence-electron chi connectivity index (χ0n) is 13.0. The number of rotatable bonds is 5. The van der Waals surface area contributed by atoms with Crippen molar-refractivity contribution in [2.45, 2.75) is 25.5 Å². The number of nitrogens with one attached hydrogen (secondary N) is 2. The summed E-state index contributed by atoms with van der Waals surface area (Å²) >= 11 is 0. The van der Waals surface area contributed by atoms with Crippen LogP contribution in [0.5, 0.6) is 5.75 Å². The van der Waals surface area contributed by atoms with Gasteiger partial charge in [-0.25, -0.2) is 4.79 Å². The van der Waals surface area contributed by atoms with E-state index in [2.05, 4.69) is 17.6 Å². The molecule has 1 aromatic carbocycles. The number of carbonyl (C=O) groups excluding carboxylic acids is 1. The molecule has 22 heavy (non-hydrogen) atoms. The Morgan fingerprint density at radius 2 is 2.27 bits per heavy atom. The van der Waals surface area contributed by atoms with Gasteiger partial charge in [0.05, 0.1) is 6.54 Å². The Morgan fingerprint density at radius 1 is 1.41 bits per heavy atom. The molecule has 1 aromatic rings. The maximum Gasteiger partial charge on any atom is 0.320 e. The van der Waals surface area contributed by atoms with Crippen molar-refractivity contribution in [2.75, 3.05) is 26.2 Å². The lowest BCUT2D eigenvalue weighted by Gasteiger charge is -2.45. The number of ether oxygens (including phenoxy) is 1. The Balaban J connectivity index is 1.89. The van der Waals surface area contributed by atoms with Crippen LogP contribution in [0, 0.1) is 0 Å². The number of carbonyl (C=O) groups is 1. The number of para-hydroxylation sites is 1. The van der Waals surface area contributed by atoms with Gasteiger partial charge >= 0.3 is 6.03 Å². The lowest BCUT2D eigenvalue weighted by molar-refractivity contribution is -0.0232. The van der Waals surface area contributed by atoms with Gasteiger partial charge in [0, 0.05) is 18.7 Å². The number of hydrogen-bond acceptors (Lipinski definition) is 3. The van der Waals surface area contributed by atoms with Crippen LogP contribution in [0.25, 0.3) is 6.08 Å². The highest BCUT2D eigenvalue weighted by atomic mass is 16.5. The van der Waals surface area contributed by atoms with Gasteiger partial charge in [0.2, 0.25) is 5.72 Å². The molecule has 5 nitrogen and oxygen atoms in total. The summed E-state index contributed by atoms with van der Waals surface area (Å²) in [5.41, 5.74) is 0.291. The van der Waals surface area contributed by atoms with Gasteiger partial charge in [-0.2, -0.15) is 0 Å². The molecule has 2 aliphatic heterocycles. The van der Waals surface area contributed by atoms with Crippen molar-refractivity contribution in [3.05, 3.63) is 35.9 Å². The van der Waals surface area contributed by atoms with Crippen LogP contribution < -0.4 is 15.4 Å². The van der Waals surface area contributed by atoms with E-state index in [-0.39, 0.29) is 6.03 Å². The van der Waals surface area contributed by atoms with Crippen molar-refractivity contribution >= 4 is 12.1 Å². The standard InChI is InChI=1S/C17H23N3O2/c1-2-10-18-13-17(20-12-5-11-19-16(20)21)9-8-14-6-3-4-7-15(14)22-17/h3-4,6-9,18H,2,5,10-13H2,1H3,(H,19,21). The minimum absolute atomic E-state index is 0.0615. The fourth-order valence-corrected chi connectivity index (χ4v) is 2.93. The molecule has 0 aliphatic carbocycles. The first-order valence-electron chi connectivity index (χ1n) is 7.99. The number of urea groups is 1. The second-order valence-electron chi connectivity index (χ2n) is 5.73. The average molecular weight is 301 g/mol. The summed E-state index contributed by atoms with van der Waals surface area (Å²) in [6.45, 7) is 5.04. The van der Waals surface area contributed by atoms with Crippen molar-refractivity contribution in [1.29, 1.82) is 0 Å². The molecule has 1 saturated heterocycles. The third-order valence-electron chi connectivity index (χ3n) is 4.07. The molecule has 118 valence electrons. The highest BCUT2D eigenvalue weighted by molar-refractivity contribution is 5.77. The summed E-state index contributed by atoms with van der Waals surface area (Å²) in [5.74, 6) is 0.821. The Bertz CT molecular complexity index is 573. The number of amides is 2. The second kappa shape index (κ2) is 6.40. The molecule has 3 rings (SSSR count). The fourth-order valence-electron chi connectivity index (χ4n) is 2.93. The topological polar surface area (TPSA) is 53.6 Å². The zero-order valence-corrected chi connectivity index (χ0v) is 13.0. The van der Waals surface area contributed by atoms with Gasteiger partial charge in [0.25, 0.3) is 0 Å². The second-order valence-corrected chi connectivity index (χ2v) is 5.73. The number of benzene rings is 1. The van der Waals surface area contributed by atoms with E-state index in [0.29, 0.717) is 13.1 Å². The molecule has 2 aliphatic rings. The third kappa shape index (κ3) is 2.81. The third-order valence-corrected chi connectivity index (χ3v) is 4.07. The lowest BCUT2D eigenvalue weighted by atomic mass is 10.0. The van der Waals surface area contributed by atoms with E-state index < -0.39 is 5.72 Å². The largest absolute Gasteiger partial charge is 0.462 e. The molecule has 1 unspecified atom stereocenters. The van der Waals surface area contributed by atoms with Crippen LogP contribution >= 0.6 is 0 Å². The van der Waals surface area contributed by atoms with E-state index in [1.807, 2.05) is 36.4 Å². The maximum absolute atomic E-state index is 12.3. The van der Waals surface area contributed by atoms with E-state index in [9.17, 15) is 4.79 Å². The summed E-state index contributed by atoms with van der Waals surface area (Å²) < 4.78 is 6.29. The predicted octanol–water partition coefficient (Wildman–Crippen LogP) is 2.20. The van der Waals surface area contributed by atoms with E-state index >= 15 is 0 Å². The molecule has 0 bridgehead atoms. The molecule has 2 N–H and O–H groups in total. The van der Waals surface area contributed by atoms with E-state index in [1.165, 1.54) is 0 Å². The summed E-state index contributed by atoms with van der Waals surface area (Å²) in [4.78, 5) is 14.1. The Morgan fingerprint density at radius 3 is 3.09 bits per heavy atom. The van der Waals surface area contributed by atoms with Crippen LogP contribution in [0.15, 0.2) is 30.3 Å². The first-order valence-corrected chi connectivity index (χ1v) is 7.99. The van der Waals surface area contributed by atoms with Gasteiger partial charge in [0.15, 0.2) is 0 Å². The molecule has 5 heteroatoms. The first-order chi connectivity index (χ1) is 10.7. The Labute approximate surface area is 131 Å². The van der Waals surface area contributed by atoms with Crippen LogP contribution in [-0.2, 0) is 0 Å². The van der Waals surface area contributed by atoms with E-state index in [0.717, 1.165) is 37.2 Å². The molecule has 0 spiro atoms. The van der Waals surface area contributed by atoms with Gasteiger partial charge in [-0.1, -0.05) is 25.1 Å². The molecule has 2 amide bonds. The summed E-state index contributed by atoms with van der Waals surface area (Å²) in [5, 5.41) is 6.31. The SMILES string of the molecule is CCCNCC1(N2CCCNC2=O)C=Cc2ccccc2O1. The van der Waals surface area contributed by atoms with Crippen molar-refractivity contribution in [1.82, 2.24) is 15.5 Å². The molecule has 0 aromatic heterocycles. The molecule has 0 radical (unpaired) electrons. The van der Waals surface area contributed by atoms with Crippen LogP contribution in [-0.4, -0.2) is 42.8 Å². The highest BCUT2D eigenvalue weighted by Gasteiger charge is 2.42. The van der Waals surface area contributed by atoms with Crippen LogP contribution in [0.1, 0.15) is 25.3 Å². The first kappa shape index (κ1) is 14.9. The minimum atomic E-state index is -0.756. The van der Waals surface area contributed by atoms with Gasteiger partial charge < -0.3 is 15.4 Å². The maximum atomic E-state index is 12.3. The highest BCUT2D eigenvalue weighted by Crippen LogP contribution is 2.33. The normalized spacial score (nSPS) is 23.7. The van der Waals surface area contributed by atoms with E-state index in [4.69, 9.17) is 4.74 Å². The van der Waals surface area contributed by atoms with Crippen molar-refractivity contribution in [3.8, 4) is 5.75 Å². The molecule has 0 saturated carbocycles. The summed E-state index contributed by atoms with van der Waals surface area (Å²) in [7, 11) is 0. The fraction of sp³-hybridized carbons (Fsp3) is 0.471. The van der Waals surface area contributed by atoms with Gasteiger partial charge in [-0.05, 0) is 37.6 Å². The monoisotopic (exact) mass is 301 g/mol. The molecule has 1 atom stereocenters. The summed E-state index contributed by atoms with van der Waals surface area (Å²) in [6, 6.07) is 7.86. The minimum Gasteiger partial charge on any atom is -0.462 e. The van der Waals surface area contributed by atoms with Gasteiger partial charge in [-0.3, -0.25) is 4.90 Å². The van der Waals surface area contributed by atoms with Crippen molar-refractivity contribution < 1.29 is 9.53 Å². The van der Waals surface area contributed by atoms with Gasteiger partial charge in [0.1, 0.15) is 5.75 Å².